The molecule has 0 aromatic rings. The lowest BCUT2D eigenvalue weighted by molar-refractivity contribution is -0.896. The highest BCUT2D eigenvalue weighted by Crippen LogP contribution is 2.18. The van der Waals surface area contributed by atoms with Gasteiger partial charge in [-0.05, 0) is 33.1 Å². The smallest absolute Gasteiger partial charge is 0.0810 e. The SMILES string of the molecule is CC[NH+](CC)CCCCCCCCCCCCCCCCC1CO1.[Cl-]. The molecule has 0 aromatic heterocycles. The second-order valence-electron chi connectivity index (χ2n) is 7.90. The summed E-state index contributed by atoms with van der Waals surface area (Å²) >= 11 is 0. The molecule has 0 spiro atoms. The molecule has 0 aliphatic carbocycles. The van der Waals surface area contributed by atoms with Gasteiger partial charge in [0.15, 0.2) is 0 Å². The van der Waals surface area contributed by atoms with E-state index in [9.17, 15) is 0 Å². The largest absolute Gasteiger partial charge is 1.00 e. The Kier molecular flexibility index (Phi) is 19.1. The molecule has 152 valence electrons. The molecule has 0 aromatic carbocycles. The van der Waals surface area contributed by atoms with Gasteiger partial charge in [0.05, 0.1) is 32.3 Å². The van der Waals surface area contributed by atoms with Crippen LogP contribution in [-0.4, -0.2) is 32.3 Å². The van der Waals surface area contributed by atoms with Crippen molar-refractivity contribution >= 4 is 0 Å². The Bertz CT molecular complexity index is 254. The van der Waals surface area contributed by atoms with Crippen molar-refractivity contribution < 1.29 is 22.0 Å². The van der Waals surface area contributed by atoms with Crippen LogP contribution in [0.25, 0.3) is 0 Å². The van der Waals surface area contributed by atoms with E-state index in [-0.39, 0.29) is 12.4 Å². The van der Waals surface area contributed by atoms with Gasteiger partial charge in [0.2, 0.25) is 0 Å². The maximum Gasteiger partial charge on any atom is 0.0810 e. The number of halogens is 1. The van der Waals surface area contributed by atoms with E-state index in [0.29, 0.717) is 6.10 Å². The first kappa shape index (κ1) is 25.2. The summed E-state index contributed by atoms with van der Waals surface area (Å²) in [7, 11) is 0. The molecular weight excluding hydrogens is 330 g/mol. The molecule has 0 radical (unpaired) electrons. The molecule has 1 N–H and O–H groups in total. The molecule has 1 unspecified atom stereocenters. The fourth-order valence-electron chi connectivity index (χ4n) is 3.71. The minimum atomic E-state index is 0. The van der Waals surface area contributed by atoms with Gasteiger partial charge >= 0.3 is 0 Å². The van der Waals surface area contributed by atoms with E-state index in [2.05, 4.69) is 13.8 Å². The Hall–Kier alpha value is 0.210. The number of nitrogens with one attached hydrogen (secondary N) is 1. The standard InChI is InChI=1S/C22H45NO.ClH/c1-3-23(4-2)20-18-16-14-12-10-8-6-5-7-9-11-13-15-17-19-22-21-24-22;/h22H,3-21H2,1-2H3;1H. The number of epoxide rings is 1. The molecule has 1 aliphatic heterocycles. The average Bonchev–Trinajstić information content (AvgIpc) is 3.42. The van der Waals surface area contributed by atoms with Crippen molar-refractivity contribution in [3.8, 4) is 0 Å². The van der Waals surface area contributed by atoms with Crippen LogP contribution in [-0.2, 0) is 4.74 Å². The first-order chi connectivity index (χ1) is 11.9. The maximum absolute atomic E-state index is 5.25. The van der Waals surface area contributed by atoms with E-state index < -0.39 is 0 Å². The van der Waals surface area contributed by atoms with Crippen molar-refractivity contribution in [3.05, 3.63) is 0 Å². The van der Waals surface area contributed by atoms with Gasteiger partial charge in [-0.2, -0.15) is 0 Å². The summed E-state index contributed by atoms with van der Waals surface area (Å²) < 4.78 is 5.25. The Morgan fingerprint density at radius 2 is 1.00 bits per heavy atom. The molecule has 3 heteroatoms. The lowest BCUT2D eigenvalue weighted by Crippen LogP contribution is -3.11. The van der Waals surface area contributed by atoms with Gasteiger partial charge in [-0.15, -0.1) is 0 Å². The average molecular weight is 376 g/mol. The zero-order valence-electron chi connectivity index (χ0n) is 17.3. The molecule has 1 heterocycles. The molecule has 1 atom stereocenters. The van der Waals surface area contributed by atoms with Gasteiger partial charge in [0, 0.05) is 0 Å². The van der Waals surface area contributed by atoms with Crippen molar-refractivity contribution in [1.82, 2.24) is 0 Å². The zero-order valence-corrected chi connectivity index (χ0v) is 18.1. The Morgan fingerprint density at radius 1 is 0.640 bits per heavy atom. The molecule has 1 aliphatic rings. The fraction of sp³-hybridized carbons (Fsp3) is 1.00. The fourth-order valence-corrected chi connectivity index (χ4v) is 3.71. The van der Waals surface area contributed by atoms with Crippen molar-refractivity contribution in [2.75, 3.05) is 26.2 Å². The number of quaternary nitrogens is 1. The molecule has 1 rings (SSSR count). The molecule has 0 bridgehead atoms. The second kappa shape index (κ2) is 19.0. The topological polar surface area (TPSA) is 17.0 Å². The van der Waals surface area contributed by atoms with Gasteiger partial charge < -0.3 is 22.0 Å². The van der Waals surface area contributed by atoms with Gasteiger partial charge in [-0.1, -0.05) is 77.0 Å². The Labute approximate surface area is 164 Å². The summed E-state index contributed by atoms with van der Waals surface area (Å²) in [5.41, 5.74) is 0. The summed E-state index contributed by atoms with van der Waals surface area (Å²) in [6.07, 6.45) is 22.3. The van der Waals surface area contributed by atoms with Crippen LogP contribution in [0.4, 0.5) is 0 Å². The van der Waals surface area contributed by atoms with Crippen LogP contribution in [0.2, 0.25) is 0 Å². The van der Waals surface area contributed by atoms with Crippen LogP contribution in [0.1, 0.15) is 110 Å². The van der Waals surface area contributed by atoms with Gasteiger partial charge in [0.25, 0.3) is 0 Å². The van der Waals surface area contributed by atoms with E-state index in [1.807, 2.05) is 0 Å². The first-order valence-corrected chi connectivity index (χ1v) is 11.3. The van der Waals surface area contributed by atoms with Crippen LogP contribution in [0, 0.1) is 0 Å². The summed E-state index contributed by atoms with van der Waals surface area (Å²) in [4.78, 5) is 1.77. The number of unbranched alkanes of at least 4 members (excludes halogenated alkanes) is 13. The summed E-state index contributed by atoms with van der Waals surface area (Å²) in [6, 6.07) is 0. The predicted octanol–water partition coefficient (Wildman–Crippen LogP) is 2.17. The number of ether oxygens (including phenoxy) is 1. The summed E-state index contributed by atoms with van der Waals surface area (Å²) in [5.74, 6) is 0. The number of rotatable bonds is 19. The molecule has 0 saturated carbocycles. The Morgan fingerprint density at radius 3 is 1.36 bits per heavy atom. The van der Waals surface area contributed by atoms with Crippen LogP contribution >= 0.6 is 0 Å². The molecule has 1 saturated heterocycles. The highest BCUT2D eigenvalue weighted by Gasteiger charge is 2.20. The predicted molar refractivity (Wildman–Crippen MR) is 106 cm³/mol. The molecular formula is C22H46ClNO. The second-order valence-corrected chi connectivity index (χ2v) is 7.90. The van der Waals surface area contributed by atoms with E-state index in [0.717, 1.165) is 6.61 Å². The van der Waals surface area contributed by atoms with E-state index in [4.69, 9.17) is 4.74 Å². The maximum atomic E-state index is 5.25. The molecule has 0 amide bonds. The highest BCUT2D eigenvalue weighted by atomic mass is 35.5. The van der Waals surface area contributed by atoms with E-state index in [1.54, 1.807) is 4.90 Å². The lowest BCUT2D eigenvalue weighted by atomic mass is 10.0. The highest BCUT2D eigenvalue weighted by molar-refractivity contribution is 4.68. The van der Waals surface area contributed by atoms with Gasteiger partial charge in [0.1, 0.15) is 0 Å². The Balaban J connectivity index is 0.00000576. The number of hydrogen-bond donors (Lipinski definition) is 1. The van der Waals surface area contributed by atoms with Crippen LogP contribution in [0.15, 0.2) is 0 Å². The first-order valence-electron chi connectivity index (χ1n) is 11.3. The summed E-state index contributed by atoms with van der Waals surface area (Å²) in [5, 5.41) is 0. The van der Waals surface area contributed by atoms with E-state index in [1.165, 1.54) is 116 Å². The monoisotopic (exact) mass is 375 g/mol. The van der Waals surface area contributed by atoms with Gasteiger partial charge in [-0.25, -0.2) is 0 Å². The van der Waals surface area contributed by atoms with Crippen molar-refractivity contribution in [3.63, 3.8) is 0 Å². The molecule has 2 nitrogen and oxygen atoms in total. The van der Waals surface area contributed by atoms with Crippen LogP contribution in [0.5, 0.6) is 0 Å². The summed E-state index contributed by atoms with van der Waals surface area (Å²) in [6.45, 7) is 9.64. The third-order valence-corrected chi connectivity index (χ3v) is 5.71. The lowest BCUT2D eigenvalue weighted by Gasteiger charge is -2.14. The van der Waals surface area contributed by atoms with Gasteiger partial charge in [-0.3, -0.25) is 0 Å². The third-order valence-electron chi connectivity index (χ3n) is 5.71. The van der Waals surface area contributed by atoms with Crippen molar-refractivity contribution in [2.45, 2.75) is 116 Å². The number of hydrogen-bond acceptors (Lipinski definition) is 1. The van der Waals surface area contributed by atoms with Crippen molar-refractivity contribution in [1.29, 1.82) is 0 Å². The zero-order chi connectivity index (χ0) is 17.3. The minimum absolute atomic E-state index is 0. The third kappa shape index (κ3) is 17.4. The molecule has 1 fully saturated rings. The molecule has 25 heavy (non-hydrogen) atoms. The van der Waals surface area contributed by atoms with Crippen molar-refractivity contribution in [2.24, 2.45) is 0 Å². The normalized spacial score (nSPS) is 16.2. The van der Waals surface area contributed by atoms with Crippen LogP contribution < -0.4 is 17.3 Å². The minimum Gasteiger partial charge on any atom is -1.00 e. The van der Waals surface area contributed by atoms with E-state index >= 15 is 0 Å². The van der Waals surface area contributed by atoms with Crippen LogP contribution in [0.3, 0.4) is 0 Å². The quantitative estimate of drug-likeness (QED) is 0.270.